The molecule has 0 aliphatic heterocycles. The number of hydrogen-bond acceptors (Lipinski definition) is 5. The third-order valence-corrected chi connectivity index (χ3v) is 3.06. The maximum Gasteiger partial charge on any atom is 0.287 e. The van der Waals surface area contributed by atoms with Crippen molar-refractivity contribution in [2.45, 2.75) is 26.3 Å². The minimum Gasteiger partial charge on any atom is -0.383 e. The van der Waals surface area contributed by atoms with E-state index < -0.39 is 0 Å². The highest BCUT2D eigenvalue weighted by molar-refractivity contribution is 6.32. The molecule has 0 radical (unpaired) electrons. The van der Waals surface area contributed by atoms with Crippen molar-refractivity contribution in [3.05, 3.63) is 21.6 Å². The second-order valence-electron chi connectivity index (χ2n) is 4.29. The SMILES string of the molecule is CCCCOCCNc1cnn(CCOC)c(=O)c1Cl. The predicted octanol–water partition coefficient (Wildman–Crippen LogP) is 1.77. The van der Waals surface area contributed by atoms with Crippen molar-refractivity contribution in [1.82, 2.24) is 9.78 Å². The number of hydrogen-bond donors (Lipinski definition) is 1. The molecule has 1 rings (SSSR count). The molecule has 7 heteroatoms. The Morgan fingerprint density at radius 2 is 2.20 bits per heavy atom. The molecule has 0 fully saturated rings. The van der Waals surface area contributed by atoms with Gasteiger partial charge >= 0.3 is 0 Å². The van der Waals surface area contributed by atoms with E-state index >= 15 is 0 Å². The zero-order valence-corrected chi connectivity index (χ0v) is 12.8. The largest absolute Gasteiger partial charge is 0.383 e. The molecule has 0 unspecified atom stereocenters. The Bertz CT molecular complexity index is 451. The first-order valence-corrected chi connectivity index (χ1v) is 7.14. The number of nitrogens with one attached hydrogen (secondary N) is 1. The summed E-state index contributed by atoms with van der Waals surface area (Å²) >= 11 is 6.02. The van der Waals surface area contributed by atoms with Crippen molar-refractivity contribution in [3.8, 4) is 0 Å². The summed E-state index contributed by atoms with van der Waals surface area (Å²) in [7, 11) is 1.57. The normalized spacial score (nSPS) is 10.8. The second kappa shape index (κ2) is 9.74. The van der Waals surface area contributed by atoms with Gasteiger partial charge in [-0.3, -0.25) is 4.79 Å². The summed E-state index contributed by atoms with van der Waals surface area (Å²) in [6.07, 6.45) is 3.71. The third-order valence-electron chi connectivity index (χ3n) is 2.70. The molecule has 0 bridgehead atoms. The Morgan fingerprint density at radius 3 is 2.90 bits per heavy atom. The van der Waals surface area contributed by atoms with Crippen LogP contribution < -0.4 is 10.9 Å². The summed E-state index contributed by atoms with van der Waals surface area (Å²) in [5.74, 6) is 0. The molecule has 0 saturated heterocycles. The molecule has 20 heavy (non-hydrogen) atoms. The number of aromatic nitrogens is 2. The van der Waals surface area contributed by atoms with Gasteiger partial charge in [0.2, 0.25) is 0 Å². The molecule has 6 nitrogen and oxygen atoms in total. The molecule has 114 valence electrons. The molecule has 0 spiro atoms. The van der Waals surface area contributed by atoms with Gasteiger partial charge in [0.25, 0.3) is 5.56 Å². The highest BCUT2D eigenvalue weighted by Crippen LogP contribution is 2.14. The Balaban J connectivity index is 2.47. The van der Waals surface area contributed by atoms with E-state index in [4.69, 9.17) is 21.1 Å². The van der Waals surface area contributed by atoms with Crippen molar-refractivity contribution < 1.29 is 9.47 Å². The van der Waals surface area contributed by atoms with Gasteiger partial charge in [0.05, 0.1) is 31.6 Å². The van der Waals surface area contributed by atoms with E-state index in [1.54, 1.807) is 13.3 Å². The summed E-state index contributed by atoms with van der Waals surface area (Å²) in [5, 5.41) is 7.23. The van der Waals surface area contributed by atoms with Crippen LogP contribution in [-0.4, -0.2) is 43.3 Å². The first-order chi connectivity index (χ1) is 9.70. The standard InChI is InChI=1S/C13H22ClN3O3/c1-3-4-7-20-8-5-15-11-10-16-17(6-9-19-2)13(18)12(11)14/h10,15H,3-9H2,1-2H3. The Kier molecular flexibility index (Phi) is 8.25. The molecule has 1 aromatic rings. The predicted molar refractivity (Wildman–Crippen MR) is 79.6 cm³/mol. The van der Waals surface area contributed by atoms with E-state index in [2.05, 4.69) is 17.3 Å². The molecule has 0 atom stereocenters. The van der Waals surface area contributed by atoms with Gasteiger partial charge in [-0.15, -0.1) is 0 Å². The van der Waals surface area contributed by atoms with Gasteiger partial charge in [0.15, 0.2) is 0 Å². The lowest BCUT2D eigenvalue weighted by molar-refractivity contribution is 0.141. The van der Waals surface area contributed by atoms with Crippen LogP contribution in [0.2, 0.25) is 5.02 Å². The van der Waals surface area contributed by atoms with E-state index in [0.717, 1.165) is 19.4 Å². The first-order valence-electron chi connectivity index (χ1n) is 6.76. The van der Waals surface area contributed by atoms with Gasteiger partial charge in [-0.25, -0.2) is 4.68 Å². The number of ether oxygens (including phenoxy) is 2. The fourth-order valence-corrected chi connectivity index (χ4v) is 1.74. The number of rotatable bonds is 10. The summed E-state index contributed by atoms with van der Waals surface area (Å²) in [5.41, 5.74) is 0.213. The van der Waals surface area contributed by atoms with E-state index in [0.29, 0.717) is 32.0 Å². The zero-order valence-electron chi connectivity index (χ0n) is 12.0. The van der Waals surface area contributed by atoms with Crippen LogP contribution >= 0.6 is 11.6 Å². The molecule has 0 aromatic carbocycles. The van der Waals surface area contributed by atoms with Gasteiger partial charge in [0.1, 0.15) is 5.02 Å². The fraction of sp³-hybridized carbons (Fsp3) is 0.692. The average molecular weight is 304 g/mol. The summed E-state index contributed by atoms with van der Waals surface area (Å²) < 4.78 is 11.6. The van der Waals surface area contributed by atoms with Gasteiger partial charge in [-0.1, -0.05) is 24.9 Å². The molecular formula is C13H22ClN3O3. The lowest BCUT2D eigenvalue weighted by atomic mass is 10.4. The lowest BCUT2D eigenvalue weighted by Crippen LogP contribution is -2.26. The fourth-order valence-electron chi connectivity index (χ4n) is 1.53. The van der Waals surface area contributed by atoms with Crippen LogP contribution in [0.1, 0.15) is 19.8 Å². The molecule has 0 aliphatic carbocycles. The van der Waals surface area contributed by atoms with Gasteiger partial charge < -0.3 is 14.8 Å². The molecule has 0 aliphatic rings. The van der Waals surface area contributed by atoms with Crippen LogP contribution in [0, 0.1) is 0 Å². The minimum atomic E-state index is -0.319. The average Bonchev–Trinajstić information content (AvgIpc) is 2.46. The zero-order chi connectivity index (χ0) is 14.8. The van der Waals surface area contributed by atoms with Crippen LogP contribution in [0.3, 0.4) is 0 Å². The topological polar surface area (TPSA) is 65.4 Å². The van der Waals surface area contributed by atoms with Crippen LogP contribution in [0.4, 0.5) is 5.69 Å². The third kappa shape index (κ3) is 5.48. The van der Waals surface area contributed by atoms with Crippen molar-refractivity contribution in [2.24, 2.45) is 0 Å². The molecule has 0 saturated carbocycles. The Hall–Kier alpha value is -1.11. The van der Waals surface area contributed by atoms with Crippen molar-refractivity contribution >= 4 is 17.3 Å². The van der Waals surface area contributed by atoms with Crippen LogP contribution in [0.25, 0.3) is 0 Å². The minimum absolute atomic E-state index is 0.143. The smallest absolute Gasteiger partial charge is 0.287 e. The summed E-state index contributed by atoms with van der Waals surface area (Å²) in [6.45, 7) is 4.83. The number of methoxy groups -OCH3 is 1. The van der Waals surface area contributed by atoms with Crippen LogP contribution in [0.15, 0.2) is 11.0 Å². The number of unbranched alkanes of at least 4 members (excludes halogenated alkanes) is 1. The summed E-state index contributed by atoms with van der Waals surface area (Å²) in [4.78, 5) is 11.9. The molecule has 1 heterocycles. The monoisotopic (exact) mass is 303 g/mol. The van der Waals surface area contributed by atoms with E-state index in [9.17, 15) is 4.79 Å². The van der Waals surface area contributed by atoms with E-state index in [-0.39, 0.29) is 10.6 Å². The highest BCUT2D eigenvalue weighted by Gasteiger charge is 2.08. The second-order valence-corrected chi connectivity index (χ2v) is 4.66. The maximum atomic E-state index is 11.9. The first kappa shape index (κ1) is 16.9. The quantitative estimate of drug-likeness (QED) is 0.667. The van der Waals surface area contributed by atoms with E-state index in [1.165, 1.54) is 4.68 Å². The number of anilines is 1. The molecule has 1 N–H and O–H groups in total. The Labute approximate surface area is 124 Å². The van der Waals surface area contributed by atoms with Gasteiger partial charge in [-0.05, 0) is 6.42 Å². The molecule has 1 aromatic heterocycles. The van der Waals surface area contributed by atoms with Crippen molar-refractivity contribution in [1.29, 1.82) is 0 Å². The van der Waals surface area contributed by atoms with Gasteiger partial charge in [-0.2, -0.15) is 5.10 Å². The van der Waals surface area contributed by atoms with Crippen LogP contribution in [-0.2, 0) is 16.0 Å². The lowest BCUT2D eigenvalue weighted by Gasteiger charge is -2.10. The van der Waals surface area contributed by atoms with Crippen molar-refractivity contribution in [2.75, 3.05) is 38.8 Å². The molecule has 0 amide bonds. The van der Waals surface area contributed by atoms with E-state index in [1.807, 2.05) is 0 Å². The summed E-state index contributed by atoms with van der Waals surface area (Å²) in [6, 6.07) is 0. The number of nitrogens with zero attached hydrogens (tertiary/aromatic N) is 2. The van der Waals surface area contributed by atoms with Crippen molar-refractivity contribution in [3.63, 3.8) is 0 Å². The van der Waals surface area contributed by atoms with Gasteiger partial charge in [0, 0.05) is 20.3 Å². The highest BCUT2D eigenvalue weighted by atomic mass is 35.5. The van der Waals surface area contributed by atoms with Crippen LogP contribution in [0.5, 0.6) is 0 Å². The maximum absolute atomic E-state index is 11.9. The number of halogens is 1. The molecular weight excluding hydrogens is 282 g/mol. The Morgan fingerprint density at radius 1 is 1.40 bits per heavy atom.